The number of alkyl carbamates (subject to hydrolysis) is 1. The van der Waals surface area contributed by atoms with Crippen LogP contribution in [0.4, 0.5) is 4.79 Å². The van der Waals surface area contributed by atoms with Crippen LogP contribution in [-0.2, 0) is 14.3 Å². The van der Waals surface area contributed by atoms with E-state index in [4.69, 9.17) is 9.47 Å². The largest absolute Gasteiger partial charge is 0.464 e. The van der Waals surface area contributed by atoms with E-state index in [0.717, 1.165) is 38.5 Å². The Morgan fingerprint density at radius 2 is 1.50 bits per heavy atom. The van der Waals surface area contributed by atoms with Crippen molar-refractivity contribution in [2.45, 2.75) is 116 Å². The molecule has 1 amide bonds. The van der Waals surface area contributed by atoms with E-state index in [1.54, 1.807) is 6.92 Å². The number of carbonyl (C=O) groups is 2. The van der Waals surface area contributed by atoms with E-state index in [9.17, 15) is 9.59 Å². The van der Waals surface area contributed by atoms with Crippen LogP contribution in [0.2, 0.25) is 0 Å². The number of carbonyl (C=O) groups excluding carboxylic acids is 2. The maximum absolute atomic E-state index is 12.6. The normalized spacial score (nSPS) is 15.0. The number of rotatable bonds is 15. The van der Waals surface area contributed by atoms with Gasteiger partial charge in [0.25, 0.3) is 0 Å². The van der Waals surface area contributed by atoms with Gasteiger partial charge in [-0.1, -0.05) is 89.9 Å². The lowest BCUT2D eigenvalue weighted by atomic mass is 9.84. The van der Waals surface area contributed by atoms with Gasteiger partial charge in [0.2, 0.25) is 0 Å². The summed E-state index contributed by atoms with van der Waals surface area (Å²) in [5, 5.41) is 2.73. The molecule has 1 saturated carbocycles. The number of hydrogen-bond acceptors (Lipinski definition) is 4. The minimum atomic E-state index is -0.615. The van der Waals surface area contributed by atoms with Gasteiger partial charge in [0, 0.05) is 0 Å². The summed E-state index contributed by atoms with van der Waals surface area (Å²) in [6, 6.07) is -0.615. The molecule has 0 aromatic heterocycles. The van der Waals surface area contributed by atoms with Crippen LogP contribution in [0.3, 0.4) is 0 Å². The van der Waals surface area contributed by atoms with E-state index in [1.165, 1.54) is 57.8 Å². The summed E-state index contributed by atoms with van der Waals surface area (Å²) < 4.78 is 10.6. The highest BCUT2D eigenvalue weighted by atomic mass is 16.6. The molecular formula is C25H43NO4. The van der Waals surface area contributed by atoms with Gasteiger partial charge < -0.3 is 14.8 Å². The van der Waals surface area contributed by atoms with Crippen molar-refractivity contribution in [2.75, 3.05) is 13.2 Å². The summed E-state index contributed by atoms with van der Waals surface area (Å²) >= 11 is 0. The third-order valence-electron chi connectivity index (χ3n) is 5.84. The minimum Gasteiger partial charge on any atom is -0.464 e. The zero-order chi connectivity index (χ0) is 21.9. The van der Waals surface area contributed by atoms with Crippen LogP contribution in [0.15, 0.2) is 0 Å². The summed E-state index contributed by atoms with van der Waals surface area (Å²) in [4.78, 5) is 24.7. The highest BCUT2D eigenvalue weighted by Gasteiger charge is 2.32. The van der Waals surface area contributed by atoms with Crippen LogP contribution >= 0.6 is 0 Å². The second-order valence-electron chi connectivity index (χ2n) is 8.37. The Morgan fingerprint density at radius 3 is 2.10 bits per heavy atom. The topological polar surface area (TPSA) is 64.6 Å². The smallest absolute Gasteiger partial charge is 0.408 e. The molecule has 0 spiro atoms. The van der Waals surface area contributed by atoms with Gasteiger partial charge in [-0.3, -0.25) is 0 Å². The molecule has 1 N–H and O–H groups in total. The van der Waals surface area contributed by atoms with Crippen molar-refractivity contribution >= 4 is 12.1 Å². The Hall–Kier alpha value is -1.70. The van der Waals surface area contributed by atoms with Gasteiger partial charge in [-0.15, -0.1) is 5.92 Å². The van der Waals surface area contributed by atoms with E-state index < -0.39 is 12.1 Å². The van der Waals surface area contributed by atoms with Crippen molar-refractivity contribution in [1.29, 1.82) is 0 Å². The van der Waals surface area contributed by atoms with Gasteiger partial charge >= 0.3 is 12.1 Å². The summed E-state index contributed by atoms with van der Waals surface area (Å²) in [6.45, 7) is 4.40. The predicted octanol–water partition coefficient (Wildman–Crippen LogP) is 6.15. The molecule has 1 aliphatic rings. The van der Waals surface area contributed by atoms with E-state index in [-0.39, 0.29) is 18.5 Å². The Labute approximate surface area is 184 Å². The van der Waals surface area contributed by atoms with Crippen LogP contribution in [0.5, 0.6) is 0 Å². The quantitative estimate of drug-likeness (QED) is 0.196. The molecular weight excluding hydrogens is 378 g/mol. The van der Waals surface area contributed by atoms with E-state index in [2.05, 4.69) is 24.1 Å². The molecule has 1 rings (SSSR count). The molecule has 0 bridgehead atoms. The van der Waals surface area contributed by atoms with Crippen molar-refractivity contribution in [2.24, 2.45) is 5.92 Å². The zero-order valence-corrected chi connectivity index (χ0v) is 19.3. The summed E-state index contributed by atoms with van der Waals surface area (Å²) in [5.74, 6) is 5.17. The Bertz CT molecular complexity index is 517. The molecule has 0 saturated heterocycles. The maximum Gasteiger partial charge on any atom is 0.408 e. The molecule has 1 atom stereocenters. The zero-order valence-electron chi connectivity index (χ0n) is 19.3. The number of amides is 1. The molecule has 172 valence electrons. The second-order valence-corrected chi connectivity index (χ2v) is 8.37. The summed E-state index contributed by atoms with van der Waals surface area (Å²) in [7, 11) is 0. The molecule has 0 aromatic carbocycles. The molecule has 0 aromatic rings. The lowest BCUT2D eigenvalue weighted by Gasteiger charge is -2.29. The lowest BCUT2D eigenvalue weighted by molar-refractivity contribution is -0.148. The Kier molecular flexibility index (Phi) is 15.9. The number of hydrogen-bond donors (Lipinski definition) is 1. The monoisotopic (exact) mass is 421 g/mol. The first-order chi connectivity index (χ1) is 14.7. The number of ether oxygens (including phenoxy) is 2. The van der Waals surface area contributed by atoms with Crippen LogP contribution in [-0.4, -0.2) is 31.3 Å². The molecule has 1 fully saturated rings. The van der Waals surface area contributed by atoms with Crippen LogP contribution in [0.1, 0.15) is 110 Å². The van der Waals surface area contributed by atoms with Crippen molar-refractivity contribution in [3.05, 3.63) is 0 Å². The molecule has 0 aliphatic heterocycles. The maximum atomic E-state index is 12.6. The number of nitrogens with one attached hydrogen (secondary N) is 1. The van der Waals surface area contributed by atoms with Gasteiger partial charge in [-0.2, -0.15) is 0 Å². The molecule has 5 heteroatoms. The molecule has 5 nitrogen and oxygen atoms in total. The summed E-state index contributed by atoms with van der Waals surface area (Å²) in [6.07, 6.45) is 17.1. The Balaban J connectivity index is 2.25. The number of esters is 1. The fourth-order valence-corrected chi connectivity index (χ4v) is 4.03. The van der Waals surface area contributed by atoms with E-state index in [0.29, 0.717) is 6.61 Å². The number of unbranched alkanes of at least 4 members (excludes halogenated alkanes) is 9. The van der Waals surface area contributed by atoms with Crippen LogP contribution in [0, 0.1) is 17.8 Å². The SMILES string of the molecule is CC#CCOC(=O)NC(C(=O)OCCCCCCCCCCCC)C1CCCCC1. The third kappa shape index (κ3) is 12.8. The van der Waals surface area contributed by atoms with E-state index in [1.807, 2.05) is 0 Å². The van der Waals surface area contributed by atoms with Crippen LogP contribution < -0.4 is 5.32 Å². The van der Waals surface area contributed by atoms with E-state index >= 15 is 0 Å². The standard InChI is InChI=1S/C25H43NO4/c1-3-5-7-8-9-10-11-12-13-17-21-29-24(27)23(22-18-15-14-16-19-22)26-25(28)30-20-6-4-2/h22-23H,3,5,7-21H2,1-2H3,(H,26,28). The molecule has 30 heavy (non-hydrogen) atoms. The summed E-state index contributed by atoms with van der Waals surface area (Å²) in [5.41, 5.74) is 0. The first-order valence-electron chi connectivity index (χ1n) is 12.2. The molecule has 0 heterocycles. The van der Waals surface area contributed by atoms with Crippen LogP contribution in [0.25, 0.3) is 0 Å². The lowest BCUT2D eigenvalue weighted by Crippen LogP contribution is -2.47. The fourth-order valence-electron chi connectivity index (χ4n) is 4.03. The van der Waals surface area contributed by atoms with Gasteiger partial charge in [-0.25, -0.2) is 9.59 Å². The average Bonchev–Trinajstić information content (AvgIpc) is 2.76. The van der Waals surface area contributed by atoms with Crippen molar-refractivity contribution < 1.29 is 19.1 Å². The minimum absolute atomic E-state index is 0.0351. The highest BCUT2D eigenvalue weighted by molar-refractivity contribution is 5.81. The first-order valence-corrected chi connectivity index (χ1v) is 12.2. The van der Waals surface area contributed by atoms with Gasteiger partial charge in [0.15, 0.2) is 6.61 Å². The first kappa shape index (κ1) is 26.3. The van der Waals surface area contributed by atoms with Gasteiger partial charge in [-0.05, 0) is 32.1 Å². The van der Waals surface area contributed by atoms with Crippen molar-refractivity contribution in [3.63, 3.8) is 0 Å². The second kappa shape index (κ2) is 18.1. The highest BCUT2D eigenvalue weighted by Crippen LogP contribution is 2.27. The van der Waals surface area contributed by atoms with Gasteiger partial charge in [0.1, 0.15) is 6.04 Å². The third-order valence-corrected chi connectivity index (χ3v) is 5.84. The van der Waals surface area contributed by atoms with Crippen molar-refractivity contribution in [3.8, 4) is 11.8 Å². The predicted molar refractivity (Wildman–Crippen MR) is 121 cm³/mol. The molecule has 1 unspecified atom stereocenters. The molecule has 0 radical (unpaired) electrons. The Morgan fingerprint density at radius 1 is 0.900 bits per heavy atom. The van der Waals surface area contributed by atoms with Gasteiger partial charge in [0.05, 0.1) is 6.61 Å². The average molecular weight is 422 g/mol. The molecule has 1 aliphatic carbocycles. The van der Waals surface area contributed by atoms with Crippen molar-refractivity contribution in [1.82, 2.24) is 5.32 Å². The fraction of sp³-hybridized carbons (Fsp3) is 0.840.